The number of benzene rings is 2. The summed E-state index contributed by atoms with van der Waals surface area (Å²) in [5.41, 5.74) is 0.531. The molecule has 8 nitrogen and oxygen atoms in total. The molecule has 0 heterocycles. The van der Waals surface area contributed by atoms with E-state index in [4.69, 9.17) is 0 Å². The van der Waals surface area contributed by atoms with Crippen molar-refractivity contribution in [3.8, 4) is 23.0 Å². The second-order valence-electron chi connectivity index (χ2n) is 7.09. The first-order valence-corrected chi connectivity index (χ1v) is 9.89. The molecule has 0 aliphatic carbocycles. The SMILES string of the molecule is Cl.Cl.O=C(CNCCCCCCNCC(=O)c1cc(O)cc(O)c1)c1cc(O)cc(O)c1. The first-order valence-electron chi connectivity index (χ1n) is 9.89. The van der Waals surface area contributed by atoms with E-state index < -0.39 is 0 Å². The molecule has 6 N–H and O–H groups in total. The van der Waals surface area contributed by atoms with E-state index >= 15 is 0 Å². The topological polar surface area (TPSA) is 139 Å². The molecule has 0 spiro atoms. The van der Waals surface area contributed by atoms with Gasteiger partial charge in [-0.3, -0.25) is 9.59 Å². The fraction of sp³-hybridized carbons (Fsp3) is 0.364. The number of Topliss-reactive ketones (excluding diaryl/α,β-unsaturated/α-hetero) is 2. The van der Waals surface area contributed by atoms with Crippen molar-refractivity contribution in [3.05, 3.63) is 47.5 Å². The molecular formula is C22H30Cl2N2O6. The van der Waals surface area contributed by atoms with Crippen molar-refractivity contribution in [2.24, 2.45) is 0 Å². The Kier molecular flexibility index (Phi) is 14.1. The van der Waals surface area contributed by atoms with Crippen LogP contribution in [-0.2, 0) is 0 Å². The second-order valence-corrected chi connectivity index (χ2v) is 7.09. The first-order chi connectivity index (χ1) is 14.3. The zero-order valence-electron chi connectivity index (χ0n) is 17.5. The van der Waals surface area contributed by atoms with Crippen LogP contribution in [0.15, 0.2) is 36.4 Å². The molecule has 2 rings (SSSR count). The van der Waals surface area contributed by atoms with Crippen LogP contribution in [0.25, 0.3) is 0 Å². The van der Waals surface area contributed by atoms with Gasteiger partial charge in [0, 0.05) is 23.3 Å². The molecule has 0 aliphatic rings. The normalized spacial score (nSPS) is 10.1. The monoisotopic (exact) mass is 488 g/mol. The predicted octanol–water partition coefficient (Wildman–Crippen LogP) is 3.16. The minimum absolute atomic E-state index is 0. The summed E-state index contributed by atoms with van der Waals surface area (Å²) in [6, 6.07) is 7.64. The van der Waals surface area contributed by atoms with Gasteiger partial charge in [-0.1, -0.05) is 12.8 Å². The molecule has 0 unspecified atom stereocenters. The van der Waals surface area contributed by atoms with Crippen molar-refractivity contribution in [3.63, 3.8) is 0 Å². The Morgan fingerprint density at radius 1 is 0.562 bits per heavy atom. The molecule has 0 fully saturated rings. The quantitative estimate of drug-likeness (QED) is 0.186. The standard InChI is InChI=1S/C22H28N2O6.2ClH/c25-17-7-15(8-18(26)11-17)21(29)13-23-5-3-1-2-4-6-24-14-22(30)16-9-19(27)12-20(28)10-16;;/h7-12,23-28H,1-6,13-14H2;2*1H. The van der Waals surface area contributed by atoms with E-state index in [1.807, 2.05) is 0 Å². The lowest BCUT2D eigenvalue weighted by Crippen LogP contribution is -2.24. The van der Waals surface area contributed by atoms with E-state index in [9.17, 15) is 30.0 Å². The van der Waals surface area contributed by atoms with Gasteiger partial charge in [-0.2, -0.15) is 0 Å². The molecule has 0 atom stereocenters. The van der Waals surface area contributed by atoms with Gasteiger partial charge in [0.1, 0.15) is 23.0 Å². The fourth-order valence-electron chi connectivity index (χ4n) is 2.97. The average molecular weight is 489 g/mol. The van der Waals surface area contributed by atoms with Crippen LogP contribution in [-0.4, -0.2) is 58.2 Å². The van der Waals surface area contributed by atoms with Gasteiger partial charge in [0.25, 0.3) is 0 Å². The van der Waals surface area contributed by atoms with Crippen molar-refractivity contribution < 1.29 is 30.0 Å². The van der Waals surface area contributed by atoms with E-state index in [0.29, 0.717) is 13.1 Å². The summed E-state index contributed by atoms with van der Waals surface area (Å²) in [4.78, 5) is 24.0. The summed E-state index contributed by atoms with van der Waals surface area (Å²) in [5.74, 6) is -0.977. The number of rotatable bonds is 13. The number of ketones is 2. The molecule has 10 heteroatoms. The molecule has 0 aromatic heterocycles. The number of phenols is 4. The summed E-state index contributed by atoms with van der Waals surface area (Å²) in [6.07, 6.45) is 3.76. The molecule has 32 heavy (non-hydrogen) atoms. The number of carbonyl (C=O) groups excluding carboxylic acids is 2. The van der Waals surface area contributed by atoms with Gasteiger partial charge in [0.05, 0.1) is 13.1 Å². The third kappa shape index (κ3) is 10.7. The Labute approximate surface area is 199 Å². The highest BCUT2D eigenvalue weighted by Crippen LogP contribution is 2.21. The third-order valence-corrected chi connectivity index (χ3v) is 4.48. The molecule has 0 bridgehead atoms. The lowest BCUT2D eigenvalue weighted by Gasteiger charge is -2.07. The highest BCUT2D eigenvalue weighted by Gasteiger charge is 2.09. The van der Waals surface area contributed by atoms with Gasteiger partial charge in [-0.25, -0.2) is 0 Å². The Bertz CT molecular complexity index is 767. The number of hydrogen-bond donors (Lipinski definition) is 6. The zero-order valence-corrected chi connectivity index (χ0v) is 19.2. The van der Waals surface area contributed by atoms with Crippen molar-refractivity contribution in [1.29, 1.82) is 0 Å². The van der Waals surface area contributed by atoms with Gasteiger partial charge in [-0.15, -0.1) is 24.8 Å². The van der Waals surface area contributed by atoms with E-state index in [2.05, 4.69) is 10.6 Å². The van der Waals surface area contributed by atoms with Crippen molar-refractivity contribution >= 4 is 36.4 Å². The molecule has 0 amide bonds. The van der Waals surface area contributed by atoms with Crippen LogP contribution in [0.5, 0.6) is 23.0 Å². The molecule has 2 aromatic carbocycles. The van der Waals surface area contributed by atoms with Gasteiger partial charge in [-0.05, 0) is 50.2 Å². The maximum Gasteiger partial charge on any atom is 0.176 e. The summed E-state index contributed by atoms with van der Waals surface area (Å²) in [6.45, 7) is 1.64. The van der Waals surface area contributed by atoms with Gasteiger partial charge in [0.15, 0.2) is 11.6 Å². The number of phenolic OH excluding ortho intramolecular Hbond substituents is 4. The summed E-state index contributed by atoms with van der Waals surface area (Å²) in [7, 11) is 0. The lowest BCUT2D eigenvalue weighted by atomic mass is 10.1. The summed E-state index contributed by atoms with van der Waals surface area (Å²) < 4.78 is 0. The Balaban J connectivity index is 0.00000480. The molecule has 178 valence electrons. The van der Waals surface area contributed by atoms with Crippen LogP contribution >= 0.6 is 24.8 Å². The number of aromatic hydroxyl groups is 4. The highest BCUT2D eigenvalue weighted by molar-refractivity contribution is 5.98. The largest absolute Gasteiger partial charge is 0.508 e. The maximum atomic E-state index is 12.0. The van der Waals surface area contributed by atoms with Gasteiger partial charge >= 0.3 is 0 Å². The number of unbranched alkanes of at least 4 members (excludes halogenated alkanes) is 3. The Morgan fingerprint density at radius 2 is 0.875 bits per heavy atom. The van der Waals surface area contributed by atoms with Crippen molar-refractivity contribution in [1.82, 2.24) is 10.6 Å². The zero-order chi connectivity index (χ0) is 21.9. The smallest absolute Gasteiger partial charge is 0.176 e. The maximum absolute atomic E-state index is 12.0. The summed E-state index contributed by atoms with van der Waals surface area (Å²) >= 11 is 0. The Hall–Kier alpha value is -2.52. The number of halogens is 2. The Morgan fingerprint density at radius 3 is 1.19 bits per heavy atom. The summed E-state index contributed by atoms with van der Waals surface area (Å²) in [5, 5.41) is 43.7. The van der Waals surface area contributed by atoms with E-state index in [1.165, 1.54) is 36.4 Å². The first kappa shape index (κ1) is 29.5. The van der Waals surface area contributed by atoms with Crippen LogP contribution in [0.2, 0.25) is 0 Å². The van der Waals surface area contributed by atoms with Crippen LogP contribution in [0.4, 0.5) is 0 Å². The number of hydrogen-bond acceptors (Lipinski definition) is 8. The molecule has 0 radical (unpaired) electrons. The van der Waals surface area contributed by atoms with Crippen LogP contribution in [0.1, 0.15) is 46.4 Å². The van der Waals surface area contributed by atoms with E-state index in [1.54, 1.807) is 0 Å². The molecule has 0 saturated heterocycles. The molecular weight excluding hydrogens is 459 g/mol. The molecule has 0 aliphatic heterocycles. The van der Waals surface area contributed by atoms with Gasteiger partial charge < -0.3 is 31.1 Å². The van der Waals surface area contributed by atoms with Crippen molar-refractivity contribution in [2.45, 2.75) is 25.7 Å². The highest BCUT2D eigenvalue weighted by atomic mass is 35.5. The van der Waals surface area contributed by atoms with Crippen LogP contribution in [0.3, 0.4) is 0 Å². The van der Waals surface area contributed by atoms with Crippen LogP contribution in [0, 0.1) is 0 Å². The molecule has 0 saturated carbocycles. The minimum Gasteiger partial charge on any atom is -0.508 e. The lowest BCUT2D eigenvalue weighted by molar-refractivity contribution is 0.0982. The fourth-order valence-corrected chi connectivity index (χ4v) is 2.97. The number of carbonyl (C=O) groups is 2. The van der Waals surface area contributed by atoms with E-state index in [0.717, 1.165) is 25.7 Å². The predicted molar refractivity (Wildman–Crippen MR) is 127 cm³/mol. The third-order valence-electron chi connectivity index (χ3n) is 4.48. The molecule has 2 aromatic rings. The van der Waals surface area contributed by atoms with Crippen LogP contribution < -0.4 is 10.6 Å². The number of nitrogens with one attached hydrogen (secondary N) is 2. The second kappa shape index (κ2) is 15.3. The van der Waals surface area contributed by atoms with E-state index in [-0.39, 0.29) is 83.6 Å². The minimum atomic E-state index is -0.199. The van der Waals surface area contributed by atoms with Gasteiger partial charge in [0.2, 0.25) is 0 Å². The van der Waals surface area contributed by atoms with Crippen molar-refractivity contribution in [2.75, 3.05) is 26.2 Å². The average Bonchev–Trinajstić information content (AvgIpc) is 2.67.